The first-order valence-electron chi connectivity index (χ1n) is 6.90. The van der Waals surface area contributed by atoms with Crippen molar-refractivity contribution in [1.29, 1.82) is 0 Å². The molecule has 2 aromatic carbocycles. The molecule has 0 radical (unpaired) electrons. The molecule has 0 saturated heterocycles. The second-order valence-corrected chi connectivity index (χ2v) is 4.71. The summed E-state index contributed by atoms with van der Waals surface area (Å²) in [5.74, 6) is 1.16. The Labute approximate surface area is 130 Å². The number of nitrogens with one attached hydrogen (secondary N) is 1. The number of rotatable bonds is 6. The Bertz CT molecular complexity index is 680. The van der Waals surface area contributed by atoms with Crippen LogP contribution in [-0.4, -0.2) is 20.1 Å². The average Bonchev–Trinajstić information content (AvgIpc) is 2.55. The third-order valence-corrected chi connectivity index (χ3v) is 3.27. The first-order valence-corrected chi connectivity index (χ1v) is 6.90. The molecule has 0 fully saturated rings. The maximum absolute atomic E-state index is 12.2. The number of hydrogen-bond acceptors (Lipinski definition) is 3. The lowest BCUT2D eigenvalue weighted by atomic mass is 10.1. The van der Waals surface area contributed by atoms with Crippen molar-refractivity contribution in [2.75, 3.05) is 19.5 Å². The summed E-state index contributed by atoms with van der Waals surface area (Å²) in [7, 11) is 3.15. The van der Waals surface area contributed by atoms with Crippen molar-refractivity contribution in [3.63, 3.8) is 0 Å². The van der Waals surface area contributed by atoms with Crippen molar-refractivity contribution in [1.82, 2.24) is 0 Å². The van der Waals surface area contributed by atoms with Gasteiger partial charge in [0.2, 0.25) is 5.91 Å². The molecular weight excluding hydrogens is 278 g/mol. The number of benzene rings is 2. The topological polar surface area (TPSA) is 47.6 Å². The molecule has 1 amide bonds. The van der Waals surface area contributed by atoms with E-state index in [1.54, 1.807) is 32.4 Å². The molecular formula is C18H19NO3. The van der Waals surface area contributed by atoms with E-state index >= 15 is 0 Å². The first-order chi connectivity index (χ1) is 10.7. The quantitative estimate of drug-likeness (QED) is 0.887. The van der Waals surface area contributed by atoms with E-state index in [0.717, 1.165) is 16.8 Å². The van der Waals surface area contributed by atoms with Gasteiger partial charge in [0.15, 0.2) is 11.5 Å². The summed E-state index contributed by atoms with van der Waals surface area (Å²) in [5.41, 5.74) is 2.50. The third kappa shape index (κ3) is 3.67. The Morgan fingerprint density at radius 1 is 1.14 bits per heavy atom. The van der Waals surface area contributed by atoms with E-state index in [1.165, 1.54) is 0 Å². The van der Waals surface area contributed by atoms with Gasteiger partial charge >= 0.3 is 0 Å². The number of ether oxygens (including phenoxy) is 2. The number of amides is 1. The predicted octanol–water partition coefficient (Wildman–Crippen LogP) is 3.53. The molecule has 0 bridgehead atoms. The first kappa shape index (κ1) is 15.6. The van der Waals surface area contributed by atoms with Gasteiger partial charge in [0, 0.05) is 5.69 Å². The van der Waals surface area contributed by atoms with E-state index < -0.39 is 0 Å². The molecule has 0 heterocycles. The molecule has 4 heteroatoms. The molecule has 0 aromatic heterocycles. The van der Waals surface area contributed by atoms with E-state index in [9.17, 15) is 4.79 Å². The van der Waals surface area contributed by atoms with Crippen LogP contribution < -0.4 is 14.8 Å². The van der Waals surface area contributed by atoms with Crippen molar-refractivity contribution < 1.29 is 14.3 Å². The minimum atomic E-state index is -0.0958. The van der Waals surface area contributed by atoms with Crippen molar-refractivity contribution in [2.45, 2.75) is 6.42 Å². The Kier molecular flexibility index (Phi) is 5.20. The van der Waals surface area contributed by atoms with Gasteiger partial charge < -0.3 is 14.8 Å². The van der Waals surface area contributed by atoms with E-state index in [4.69, 9.17) is 9.47 Å². The van der Waals surface area contributed by atoms with Crippen LogP contribution in [0, 0.1) is 0 Å². The summed E-state index contributed by atoms with van der Waals surface area (Å²) < 4.78 is 10.4. The van der Waals surface area contributed by atoms with Gasteiger partial charge in [-0.25, -0.2) is 0 Å². The maximum Gasteiger partial charge on any atom is 0.228 e. The van der Waals surface area contributed by atoms with Gasteiger partial charge in [-0.3, -0.25) is 4.79 Å². The van der Waals surface area contributed by atoms with Crippen LogP contribution in [0.25, 0.3) is 6.08 Å². The molecule has 1 N–H and O–H groups in total. The summed E-state index contributed by atoms with van der Waals surface area (Å²) >= 11 is 0. The second-order valence-electron chi connectivity index (χ2n) is 4.71. The normalized spacial score (nSPS) is 9.91. The number of carbonyl (C=O) groups is 1. The van der Waals surface area contributed by atoms with Crippen LogP contribution in [0.2, 0.25) is 0 Å². The van der Waals surface area contributed by atoms with Crippen LogP contribution in [0.3, 0.4) is 0 Å². The maximum atomic E-state index is 12.2. The highest BCUT2D eigenvalue weighted by molar-refractivity contribution is 5.94. The van der Waals surface area contributed by atoms with Crippen LogP contribution in [0.5, 0.6) is 11.5 Å². The average molecular weight is 297 g/mol. The standard InChI is InChI=1S/C18H19NO3/c1-4-14-7-5-6-8-15(14)19-18(20)12-13-9-10-16(21-2)17(11-13)22-3/h4-11H,1,12H2,2-3H3,(H,19,20). The third-order valence-electron chi connectivity index (χ3n) is 3.27. The molecule has 4 nitrogen and oxygen atoms in total. The van der Waals surface area contributed by atoms with Gasteiger partial charge in [-0.1, -0.05) is 36.9 Å². The van der Waals surface area contributed by atoms with Crippen LogP contribution >= 0.6 is 0 Å². The van der Waals surface area contributed by atoms with Crippen LogP contribution in [0.15, 0.2) is 49.0 Å². The van der Waals surface area contributed by atoms with Gasteiger partial charge in [-0.15, -0.1) is 0 Å². The number of hydrogen-bond donors (Lipinski definition) is 1. The Hall–Kier alpha value is -2.75. The predicted molar refractivity (Wildman–Crippen MR) is 88.4 cm³/mol. The molecule has 0 aliphatic heterocycles. The monoisotopic (exact) mass is 297 g/mol. The van der Waals surface area contributed by atoms with E-state index in [0.29, 0.717) is 11.5 Å². The Morgan fingerprint density at radius 2 is 1.86 bits per heavy atom. The lowest BCUT2D eigenvalue weighted by molar-refractivity contribution is -0.115. The molecule has 0 spiro atoms. The molecule has 0 atom stereocenters. The van der Waals surface area contributed by atoms with Gasteiger partial charge in [0.1, 0.15) is 0 Å². The highest BCUT2D eigenvalue weighted by Gasteiger charge is 2.09. The number of carbonyl (C=O) groups excluding carboxylic acids is 1. The van der Waals surface area contributed by atoms with Crippen LogP contribution in [0.1, 0.15) is 11.1 Å². The molecule has 0 aliphatic rings. The molecule has 114 valence electrons. The molecule has 0 aliphatic carbocycles. The summed E-state index contributed by atoms with van der Waals surface area (Å²) in [4.78, 5) is 12.2. The minimum absolute atomic E-state index is 0.0958. The molecule has 2 aromatic rings. The van der Waals surface area contributed by atoms with Gasteiger partial charge in [-0.2, -0.15) is 0 Å². The summed E-state index contributed by atoms with van der Waals surface area (Å²) in [6, 6.07) is 13.0. The second kappa shape index (κ2) is 7.31. The van der Waals surface area contributed by atoms with E-state index in [2.05, 4.69) is 11.9 Å². The number of methoxy groups -OCH3 is 2. The molecule has 22 heavy (non-hydrogen) atoms. The summed E-state index contributed by atoms with van der Waals surface area (Å²) in [5, 5.41) is 2.89. The van der Waals surface area contributed by atoms with Gasteiger partial charge in [0.25, 0.3) is 0 Å². The van der Waals surface area contributed by atoms with Crippen molar-refractivity contribution in [2.24, 2.45) is 0 Å². The lowest BCUT2D eigenvalue weighted by Crippen LogP contribution is -2.15. The number of para-hydroxylation sites is 1. The zero-order valence-corrected chi connectivity index (χ0v) is 12.8. The Balaban J connectivity index is 2.10. The minimum Gasteiger partial charge on any atom is -0.493 e. The number of anilines is 1. The SMILES string of the molecule is C=Cc1ccccc1NC(=O)Cc1ccc(OC)c(OC)c1. The van der Waals surface area contributed by atoms with Crippen molar-refractivity contribution >= 4 is 17.7 Å². The van der Waals surface area contributed by atoms with Gasteiger partial charge in [-0.05, 0) is 29.3 Å². The highest BCUT2D eigenvalue weighted by atomic mass is 16.5. The lowest BCUT2D eigenvalue weighted by Gasteiger charge is -2.11. The van der Waals surface area contributed by atoms with E-state index in [1.807, 2.05) is 30.3 Å². The van der Waals surface area contributed by atoms with E-state index in [-0.39, 0.29) is 12.3 Å². The summed E-state index contributed by atoms with van der Waals surface area (Å²) in [6.45, 7) is 3.74. The molecule has 0 saturated carbocycles. The zero-order valence-electron chi connectivity index (χ0n) is 12.8. The summed E-state index contributed by atoms with van der Waals surface area (Å²) in [6.07, 6.45) is 1.97. The van der Waals surface area contributed by atoms with Crippen molar-refractivity contribution in [3.05, 3.63) is 60.2 Å². The Morgan fingerprint density at radius 3 is 2.55 bits per heavy atom. The molecule has 2 rings (SSSR count). The zero-order chi connectivity index (χ0) is 15.9. The van der Waals surface area contributed by atoms with Crippen molar-refractivity contribution in [3.8, 4) is 11.5 Å². The fourth-order valence-corrected chi connectivity index (χ4v) is 2.16. The fourth-order valence-electron chi connectivity index (χ4n) is 2.16. The van der Waals surface area contributed by atoms with Gasteiger partial charge in [0.05, 0.1) is 20.6 Å². The largest absolute Gasteiger partial charge is 0.493 e. The van der Waals surface area contributed by atoms with Crippen LogP contribution in [0.4, 0.5) is 5.69 Å². The van der Waals surface area contributed by atoms with Crippen LogP contribution in [-0.2, 0) is 11.2 Å². The smallest absolute Gasteiger partial charge is 0.228 e. The fraction of sp³-hybridized carbons (Fsp3) is 0.167. The molecule has 0 unspecified atom stereocenters. The highest BCUT2D eigenvalue weighted by Crippen LogP contribution is 2.27.